The number of guanidine groups is 1. The van der Waals surface area contributed by atoms with Crippen LogP contribution in [-0.4, -0.2) is 40.2 Å². The van der Waals surface area contributed by atoms with Crippen molar-refractivity contribution in [1.29, 1.82) is 0 Å². The number of benzene rings is 2. The van der Waals surface area contributed by atoms with E-state index in [-0.39, 0.29) is 11.9 Å². The number of aliphatic imine (C=N–C) groups is 1. The van der Waals surface area contributed by atoms with Gasteiger partial charge in [0.15, 0.2) is 5.96 Å². The molecule has 7 heteroatoms. The SMILES string of the molecule is CC(CSCc1ccccc1)NC(=NCCCc1cnc[nH]1)NC(=O)c1ccccc1. The average molecular weight is 436 g/mol. The molecule has 3 aromatic rings. The summed E-state index contributed by atoms with van der Waals surface area (Å²) in [6, 6.07) is 19.8. The van der Waals surface area contributed by atoms with Crippen molar-refractivity contribution in [2.75, 3.05) is 12.3 Å². The van der Waals surface area contributed by atoms with Crippen LogP contribution in [0, 0.1) is 0 Å². The molecule has 0 saturated carbocycles. The van der Waals surface area contributed by atoms with E-state index in [0.717, 1.165) is 30.0 Å². The molecule has 1 unspecified atom stereocenters. The van der Waals surface area contributed by atoms with E-state index in [0.29, 0.717) is 18.1 Å². The Morgan fingerprint density at radius 1 is 1.13 bits per heavy atom. The summed E-state index contributed by atoms with van der Waals surface area (Å²) in [5.41, 5.74) is 3.01. The number of hydrogen-bond acceptors (Lipinski definition) is 4. The Labute approximate surface area is 188 Å². The molecule has 1 aromatic heterocycles. The van der Waals surface area contributed by atoms with Gasteiger partial charge in [-0.25, -0.2) is 4.98 Å². The van der Waals surface area contributed by atoms with Gasteiger partial charge in [0.1, 0.15) is 0 Å². The average Bonchev–Trinajstić information content (AvgIpc) is 3.31. The Morgan fingerprint density at radius 3 is 2.58 bits per heavy atom. The van der Waals surface area contributed by atoms with Gasteiger partial charge in [0.25, 0.3) is 5.91 Å². The third-order valence-corrected chi connectivity index (χ3v) is 5.83. The second-order valence-electron chi connectivity index (χ2n) is 7.28. The van der Waals surface area contributed by atoms with E-state index >= 15 is 0 Å². The van der Waals surface area contributed by atoms with Crippen LogP contribution in [0.1, 0.15) is 35.0 Å². The summed E-state index contributed by atoms with van der Waals surface area (Å²) in [5, 5.41) is 6.31. The third-order valence-electron chi connectivity index (χ3n) is 4.56. The third kappa shape index (κ3) is 8.30. The maximum atomic E-state index is 12.6. The molecular formula is C24H29N5OS. The summed E-state index contributed by atoms with van der Waals surface area (Å²) in [5.74, 6) is 2.22. The van der Waals surface area contributed by atoms with Crippen molar-refractivity contribution in [3.63, 3.8) is 0 Å². The van der Waals surface area contributed by atoms with Crippen molar-refractivity contribution in [3.05, 3.63) is 90.0 Å². The number of carbonyl (C=O) groups excluding carboxylic acids is 1. The first-order chi connectivity index (χ1) is 15.2. The van der Waals surface area contributed by atoms with E-state index < -0.39 is 0 Å². The van der Waals surface area contributed by atoms with Crippen LogP contribution in [0.15, 0.2) is 78.2 Å². The summed E-state index contributed by atoms with van der Waals surface area (Å²) < 4.78 is 0. The van der Waals surface area contributed by atoms with Gasteiger partial charge < -0.3 is 10.3 Å². The van der Waals surface area contributed by atoms with Gasteiger partial charge in [-0.05, 0) is 37.5 Å². The number of imidazole rings is 1. The number of aryl methyl sites for hydroxylation is 1. The largest absolute Gasteiger partial charge is 0.353 e. The van der Waals surface area contributed by atoms with Crippen LogP contribution < -0.4 is 10.6 Å². The molecular weight excluding hydrogens is 406 g/mol. The van der Waals surface area contributed by atoms with Crippen molar-refractivity contribution in [3.8, 4) is 0 Å². The highest BCUT2D eigenvalue weighted by Crippen LogP contribution is 2.12. The number of rotatable bonds is 10. The van der Waals surface area contributed by atoms with Crippen LogP contribution >= 0.6 is 11.8 Å². The van der Waals surface area contributed by atoms with Gasteiger partial charge in [-0.1, -0.05) is 48.5 Å². The van der Waals surface area contributed by atoms with Crippen LogP contribution in [0.25, 0.3) is 0 Å². The number of aromatic amines is 1. The highest BCUT2D eigenvalue weighted by molar-refractivity contribution is 7.98. The molecule has 162 valence electrons. The van der Waals surface area contributed by atoms with Crippen molar-refractivity contribution in [2.24, 2.45) is 4.99 Å². The Morgan fingerprint density at radius 2 is 1.87 bits per heavy atom. The molecule has 0 radical (unpaired) electrons. The fraction of sp³-hybridized carbons (Fsp3) is 0.292. The quantitative estimate of drug-likeness (QED) is 0.255. The summed E-state index contributed by atoms with van der Waals surface area (Å²) in [4.78, 5) is 24.4. The van der Waals surface area contributed by atoms with E-state index in [1.54, 1.807) is 18.5 Å². The minimum absolute atomic E-state index is 0.162. The lowest BCUT2D eigenvalue weighted by Gasteiger charge is -2.18. The van der Waals surface area contributed by atoms with Gasteiger partial charge in [0, 0.05) is 41.5 Å². The van der Waals surface area contributed by atoms with Gasteiger partial charge >= 0.3 is 0 Å². The lowest BCUT2D eigenvalue weighted by molar-refractivity contribution is 0.0975. The molecule has 1 heterocycles. The Kier molecular flexibility index (Phi) is 9.19. The van der Waals surface area contributed by atoms with E-state index in [9.17, 15) is 4.79 Å². The van der Waals surface area contributed by atoms with Crippen LogP contribution in [-0.2, 0) is 12.2 Å². The van der Waals surface area contributed by atoms with Gasteiger partial charge in [-0.15, -0.1) is 0 Å². The number of hydrogen-bond donors (Lipinski definition) is 3. The molecule has 0 aliphatic heterocycles. The van der Waals surface area contributed by atoms with Crippen molar-refractivity contribution in [1.82, 2.24) is 20.6 Å². The Hall–Kier alpha value is -3.06. The smallest absolute Gasteiger partial charge is 0.257 e. The number of thioether (sulfide) groups is 1. The summed E-state index contributed by atoms with van der Waals surface area (Å²) in [6.45, 7) is 2.72. The van der Waals surface area contributed by atoms with E-state index in [2.05, 4.69) is 56.8 Å². The van der Waals surface area contributed by atoms with Crippen LogP contribution in [0.2, 0.25) is 0 Å². The van der Waals surface area contributed by atoms with Gasteiger partial charge in [0.05, 0.1) is 6.33 Å². The molecule has 3 N–H and O–H groups in total. The molecule has 6 nitrogen and oxygen atoms in total. The molecule has 0 aliphatic rings. The predicted octanol–water partition coefficient (Wildman–Crippen LogP) is 4.04. The predicted molar refractivity (Wildman–Crippen MR) is 128 cm³/mol. The maximum Gasteiger partial charge on any atom is 0.257 e. The van der Waals surface area contributed by atoms with Crippen LogP contribution in [0.5, 0.6) is 0 Å². The molecule has 0 saturated heterocycles. The molecule has 3 rings (SSSR count). The van der Waals surface area contributed by atoms with E-state index in [1.807, 2.05) is 42.2 Å². The molecule has 0 bridgehead atoms. The fourth-order valence-corrected chi connectivity index (χ4v) is 3.96. The van der Waals surface area contributed by atoms with Crippen LogP contribution in [0.4, 0.5) is 0 Å². The molecule has 2 aromatic carbocycles. The molecule has 1 amide bonds. The first kappa shape index (κ1) is 22.6. The van der Waals surface area contributed by atoms with Gasteiger partial charge in [-0.3, -0.25) is 15.1 Å². The number of amides is 1. The van der Waals surface area contributed by atoms with Gasteiger partial charge in [-0.2, -0.15) is 11.8 Å². The minimum Gasteiger partial charge on any atom is -0.353 e. The Bertz CT molecular complexity index is 929. The lowest BCUT2D eigenvalue weighted by Crippen LogP contribution is -2.45. The summed E-state index contributed by atoms with van der Waals surface area (Å²) in [7, 11) is 0. The maximum absolute atomic E-state index is 12.6. The first-order valence-electron chi connectivity index (χ1n) is 10.5. The molecule has 0 spiro atoms. The number of H-pyrrole nitrogens is 1. The summed E-state index contributed by atoms with van der Waals surface area (Å²) >= 11 is 1.86. The van der Waals surface area contributed by atoms with Gasteiger partial charge in [0.2, 0.25) is 0 Å². The lowest BCUT2D eigenvalue weighted by atomic mass is 10.2. The normalized spacial score (nSPS) is 12.4. The topological polar surface area (TPSA) is 82.2 Å². The molecule has 0 aliphatic carbocycles. The number of nitrogens with one attached hydrogen (secondary N) is 3. The highest BCUT2D eigenvalue weighted by Gasteiger charge is 2.11. The van der Waals surface area contributed by atoms with Crippen molar-refractivity contribution < 1.29 is 4.79 Å². The molecule has 1 atom stereocenters. The van der Waals surface area contributed by atoms with Crippen molar-refractivity contribution >= 4 is 23.6 Å². The second-order valence-corrected chi connectivity index (χ2v) is 8.31. The zero-order valence-corrected chi connectivity index (χ0v) is 18.6. The zero-order valence-electron chi connectivity index (χ0n) is 17.8. The molecule has 0 fully saturated rings. The monoisotopic (exact) mass is 435 g/mol. The highest BCUT2D eigenvalue weighted by atomic mass is 32.2. The number of aromatic nitrogens is 2. The number of carbonyl (C=O) groups is 1. The van der Waals surface area contributed by atoms with E-state index in [1.165, 1.54) is 5.56 Å². The fourth-order valence-electron chi connectivity index (χ4n) is 2.98. The Balaban J connectivity index is 1.53. The van der Waals surface area contributed by atoms with Crippen molar-refractivity contribution in [2.45, 2.75) is 31.6 Å². The van der Waals surface area contributed by atoms with Crippen LogP contribution in [0.3, 0.4) is 0 Å². The molecule has 31 heavy (non-hydrogen) atoms. The first-order valence-corrected chi connectivity index (χ1v) is 11.6. The number of nitrogens with zero attached hydrogens (tertiary/aromatic N) is 2. The minimum atomic E-state index is -0.162. The van der Waals surface area contributed by atoms with E-state index in [4.69, 9.17) is 0 Å². The summed E-state index contributed by atoms with van der Waals surface area (Å²) in [6.07, 6.45) is 5.24. The standard InChI is InChI=1S/C24H29N5OS/c1-19(16-31-17-20-9-4-2-5-10-20)28-24(26-14-8-13-22-15-25-18-27-22)29-23(30)21-11-6-3-7-12-21/h2-7,9-12,15,18-19H,8,13-14,16-17H2,1H3,(H,25,27)(H2,26,28,29,30). The second kappa shape index (κ2) is 12.6. The zero-order chi connectivity index (χ0) is 21.7.